The van der Waals surface area contributed by atoms with Crippen LogP contribution in [0.5, 0.6) is 0 Å². The normalized spacial score (nSPS) is 26.0. The molecule has 0 fully saturated rings. The Kier molecular flexibility index (Phi) is 3.15. The third kappa shape index (κ3) is 2.75. The van der Waals surface area contributed by atoms with Crippen LogP contribution in [0.1, 0.15) is 33.1 Å². The minimum absolute atomic E-state index is 1.11. The summed E-state index contributed by atoms with van der Waals surface area (Å²) in [6.45, 7) is 4.38. The van der Waals surface area contributed by atoms with Gasteiger partial charge in [0.1, 0.15) is 0 Å². The highest BCUT2D eigenvalue weighted by Crippen LogP contribution is 2.13. The van der Waals surface area contributed by atoms with E-state index < -0.39 is 0 Å². The number of hydrogen-bond acceptors (Lipinski definition) is 0. The molecule has 0 saturated heterocycles. The lowest BCUT2D eigenvalue weighted by atomic mass is 10.0. The largest absolute Gasteiger partial charge is 0.0812 e. The van der Waals surface area contributed by atoms with E-state index in [9.17, 15) is 0 Å². The summed E-state index contributed by atoms with van der Waals surface area (Å²) in [6.07, 6.45) is 12.5. The molecule has 60 valence electrons. The molecule has 0 bridgehead atoms. The molecule has 0 saturated carbocycles. The number of allylic oxidation sites excluding steroid dienone is 6. The molecular weight excluding hydrogens is 132 g/mol. The fourth-order valence-electron chi connectivity index (χ4n) is 1.22. The van der Waals surface area contributed by atoms with Gasteiger partial charge in [-0.25, -0.2) is 0 Å². The summed E-state index contributed by atoms with van der Waals surface area (Å²) in [5, 5.41) is 0. The van der Waals surface area contributed by atoms with Gasteiger partial charge in [-0.1, -0.05) is 42.4 Å². The molecule has 0 radical (unpaired) electrons. The molecule has 1 rings (SSSR count). The van der Waals surface area contributed by atoms with E-state index in [1.807, 2.05) is 0 Å². The summed E-state index contributed by atoms with van der Waals surface area (Å²) in [5.41, 5.74) is 2.96. The van der Waals surface area contributed by atoms with E-state index in [1.165, 1.54) is 12.0 Å². The van der Waals surface area contributed by atoms with Gasteiger partial charge in [0, 0.05) is 0 Å². The highest BCUT2D eigenvalue weighted by Gasteiger charge is 1.93. The Bertz CT molecular complexity index is 204. The lowest BCUT2D eigenvalue weighted by molar-refractivity contribution is 1.00. The van der Waals surface area contributed by atoms with Crippen LogP contribution < -0.4 is 0 Å². The Morgan fingerprint density at radius 1 is 1.36 bits per heavy atom. The Labute approximate surface area is 69.3 Å². The van der Waals surface area contributed by atoms with Crippen molar-refractivity contribution < 1.29 is 0 Å². The fraction of sp³-hybridized carbons (Fsp3) is 0.455. The van der Waals surface area contributed by atoms with Crippen molar-refractivity contribution in [3.8, 4) is 0 Å². The first-order valence-electron chi connectivity index (χ1n) is 4.34. The highest BCUT2D eigenvalue weighted by atomic mass is 14.0. The van der Waals surface area contributed by atoms with Crippen LogP contribution in [0.3, 0.4) is 0 Å². The molecule has 0 heteroatoms. The zero-order valence-corrected chi connectivity index (χ0v) is 7.43. The molecule has 0 unspecified atom stereocenters. The summed E-state index contributed by atoms with van der Waals surface area (Å²) in [4.78, 5) is 0. The standard InChI is InChI=1S/C11H16/c1-3-11-7-5-4-6-10(2)8-9-11/h4,6-8H,3,5,9H2,1-2H3/b6-4-,10-8?,11-7-. The van der Waals surface area contributed by atoms with Crippen molar-refractivity contribution in [1.29, 1.82) is 0 Å². The van der Waals surface area contributed by atoms with Crippen molar-refractivity contribution in [2.24, 2.45) is 0 Å². The molecule has 0 aromatic heterocycles. The van der Waals surface area contributed by atoms with Crippen molar-refractivity contribution in [3.05, 3.63) is 35.5 Å². The van der Waals surface area contributed by atoms with Crippen LogP contribution in [0.15, 0.2) is 35.5 Å². The van der Waals surface area contributed by atoms with Gasteiger partial charge in [-0.2, -0.15) is 0 Å². The van der Waals surface area contributed by atoms with Gasteiger partial charge in [0.05, 0.1) is 0 Å². The molecule has 0 aromatic rings. The molecule has 0 heterocycles. The molecule has 0 nitrogen and oxygen atoms in total. The fourth-order valence-corrected chi connectivity index (χ4v) is 1.22. The topological polar surface area (TPSA) is 0 Å². The van der Waals surface area contributed by atoms with E-state index in [-0.39, 0.29) is 0 Å². The molecule has 1 aliphatic carbocycles. The minimum Gasteiger partial charge on any atom is -0.0812 e. The monoisotopic (exact) mass is 148 g/mol. The van der Waals surface area contributed by atoms with Crippen molar-refractivity contribution >= 4 is 0 Å². The minimum atomic E-state index is 1.11. The van der Waals surface area contributed by atoms with Crippen LogP contribution >= 0.6 is 0 Å². The van der Waals surface area contributed by atoms with Crippen molar-refractivity contribution in [3.63, 3.8) is 0 Å². The smallest absolute Gasteiger partial charge is 0.0133 e. The van der Waals surface area contributed by atoms with Crippen molar-refractivity contribution in [2.45, 2.75) is 33.1 Å². The van der Waals surface area contributed by atoms with E-state index in [2.05, 4.69) is 38.2 Å². The van der Waals surface area contributed by atoms with E-state index in [4.69, 9.17) is 0 Å². The van der Waals surface area contributed by atoms with Crippen LogP contribution in [0.4, 0.5) is 0 Å². The van der Waals surface area contributed by atoms with Gasteiger partial charge in [0.25, 0.3) is 0 Å². The third-order valence-corrected chi connectivity index (χ3v) is 2.06. The summed E-state index contributed by atoms with van der Waals surface area (Å²) in [5.74, 6) is 0. The van der Waals surface area contributed by atoms with E-state index in [1.54, 1.807) is 5.57 Å². The third-order valence-electron chi connectivity index (χ3n) is 2.06. The lowest BCUT2D eigenvalue weighted by Crippen LogP contribution is -1.82. The average Bonchev–Trinajstić information content (AvgIpc) is 1.98. The van der Waals surface area contributed by atoms with Crippen LogP contribution in [0, 0.1) is 0 Å². The molecule has 0 N–H and O–H groups in total. The number of hydrogen-bond donors (Lipinski definition) is 0. The predicted octanol–water partition coefficient (Wildman–Crippen LogP) is 3.62. The second-order valence-electron chi connectivity index (χ2n) is 3.01. The summed E-state index contributed by atoms with van der Waals surface area (Å²) in [6, 6.07) is 0. The molecular formula is C11H16. The van der Waals surface area contributed by atoms with E-state index >= 15 is 0 Å². The maximum atomic E-state index is 2.33. The summed E-state index contributed by atoms with van der Waals surface area (Å²) in [7, 11) is 0. The molecule has 0 aromatic carbocycles. The quantitative estimate of drug-likeness (QED) is 0.498. The zero-order chi connectivity index (χ0) is 8.10. The van der Waals surface area contributed by atoms with Crippen LogP contribution in [-0.4, -0.2) is 0 Å². The van der Waals surface area contributed by atoms with Gasteiger partial charge in [0.2, 0.25) is 0 Å². The predicted molar refractivity (Wildman–Crippen MR) is 50.5 cm³/mol. The first-order chi connectivity index (χ1) is 5.33. The molecule has 0 spiro atoms. The van der Waals surface area contributed by atoms with Crippen LogP contribution in [0.25, 0.3) is 0 Å². The molecule has 0 amide bonds. The van der Waals surface area contributed by atoms with Gasteiger partial charge in [0.15, 0.2) is 0 Å². The van der Waals surface area contributed by atoms with E-state index in [0.717, 1.165) is 12.8 Å². The summed E-state index contributed by atoms with van der Waals surface area (Å²) >= 11 is 0. The molecule has 11 heavy (non-hydrogen) atoms. The van der Waals surface area contributed by atoms with Gasteiger partial charge in [-0.15, -0.1) is 0 Å². The Hall–Kier alpha value is -0.780. The highest BCUT2D eigenvalue weighted by molar-refractivity contribution is 5.23. The molecule has 1 aliphatic rings. The van der Waals surface area contributed by atoms with Gasteiger partial charge < -0.3 is 0 Å². The maximum Gasteiger partial charge on any atom is -0.0133 e. The van der Waals surface area contributed by atoms with Crippen molar-refractivity contribution in [2.75, 3.05) is 0 Å². The second kappa shape index (κ2) is 4.17. The van der Waals surface area contributed by atoms with Crippen LogP contribution in [0.2, 0.25) is 0 Å². The van der Waals surface area contributed by atoms with Gasteiger partial charge >= 0.3 is 0 Å². The molecule has 0 atom stereocenters. The Balaban J connectivity index is 2.68. The first kappa shape index (κ1) is 8.32. The van der Waals surface area contributed by atoms with Crippen molar-refractivity contribution in [1.82, 2.24) is 0 Å². The maximum absolute atomic E-state index is 2.33. The van der Waals surface area contributed by atoms with Crippen LogP contribution in [-0.2, 0) is 0 Å². The zero-order valence-electron chi connectivity index (χ0n) is 7.43. The average molecular weight is 148 g/mol. The number of rotatable bonds is 1. The van der Waals surface area contributed by atoms with E-state index in [0.29, 0.717) is 0 Å². The van der Waals surface area contributed by atoms with Gasteiger partial charge in [-0.05, 0) is 26.2 Å². The lowest BCUT2D eigenvalue weighted by Gasteiger charge is -2.03. The first-order valence-corrected chi connectivity index (χ1v) is 4.34. The Morgan fingerprint density at radius 2 is 2.18 bits per heavy atom. The molecule has 0 aliphatic heterocycles. The SMILES string of the molecule is CC/C1=C/C/C=C\C(C)=CC1. The van der Waals surface area contributed by atoms with Gasteiger partial charge in [-0.3, -0.25) is 0 Å². The second-order valence-corrected chi connectivity index (χ2v) is 3.01. The Morgan fingerprint density at radius 3 is 2.91 bits per heavy atom. The summed E-state index contributed by atoms with van der Waals surface area (Å²) < 4.78 is 0.